The first-order chi connectivity index (χ1) is 7.48. The number of nitrogens with zero attached hydrogens (tertiary/aromatic N) is 1. The maximum Gasteiger partial charge on any atom is 0.117 e. The van der Waals surface area contributed by atoms with Crippen molar-refractivity contribution in [1.82, 2.24) is 0 Å². The van der Waals surface area contributed by atoms with E-state index in [-0.39, 0.29) is 17.8 Å². The Kier molecular flexibility index (Phi) is 2.58. The second-order valence-corrected chi connectivity index (χ2v) is 5.02. The quantitative estimate of drug-likeness (QED) is 0.801. The van der Waals surface area contributed by atoms with E-state index >= 15 is 0 Å². The molecular weight excluding hydrogens is 202 g/mol. The fourth-order valence-electron chi connectivity index (χ4n) is 2.55. The van der Waals surface area contributed by atoms with Crippen LogP contribution in [0.15, 0.2) is 18.2 Å². The number of anilines is 1. The van der Waals surface area contributed by atoms with E-state index in [0.717, 1.165) is 5.69 Å². The van der Waals surface area contributed by atoms with Crippen LogP contribution in [-0.2, 0) is 5.41 Å². The van der Waals surface area contributed by atoms with Gasteiger partial charge in [-0.2, -0.15) is 0 Å². The van der Waals surface area contributed by atoms with Gasteiger partial charge in [-0.05, 0) is 18.6 Å². The summed E-state index contributed by atoms with van der Waals surface area (Å²) in [5.74, 6) is 0.284. The van der Waals surface area contributed by atoms with Crippen LogP contribution in [0.2, 0.25) is 0 Å². The maximum atomic E-state index is 9.55. The molecule has 0 radical (unpaired) electrons. The van der Waals surface area contributed by atoms with Crippen LogP contribution in [0.3, 0.4) is 0 Å². The van der Waals surface area contributed by atoms with Gasteiger partial charge in [-0.15, -0.1) is 0 Å². The highest BCUT2D eigenvalue weighted by Crippen LogP contribution is 2.45. The average Bonchev–Trinajstić information content (AvgIpc) is 2.40. The zero-order chi connectivity index (χ0) is 11.9. The van der Waals surface area contributed by atoms with E-state index in [4.69, 9.17) is 5.11 Å². The molecule has 0 aliphatic carbocycles. The molecule has 0 aromatic heterocycles. The van der Waals surface area contributed by atoms with E-state index in [0.29, 0.717) is 12.6 Å². The highest BCUT2D eigenvalue weighted by Gasteiger charge is 2.41. The molecule has 2 N–H and O–H groups in total. The first-order valence-electron chi connectivity index (χ1n) is 5.69. The molecule has 1 aromatic rings. The predicted molar refractivity (Wildman–Crippen MR) is 65.0 cm³/mol. The summed E-state index contributed by atoms with van der Waals surface area (Å²) >= 11 is 0. The predicted octanol–water partition coefficient (Wildman–Crippen LogP) is 1.87. The van der Waals surface area contributed by atoms with E-state index < -0.39 is 0 Å². The Morgan fingerprint density at radius 3 is 2.69 bits per heavy atom. The van der Waals surface area contributed by atoms with Crippen molar-refractivity contribution < 1.29 is 10.2 Å². The van der Waals surface area contributed by atoms with Gasteiger partial charge in [0.25, 0.3) is 0 Å². The standard InChI is InChI=1S/C13H19NO2/c1-9-13(2,3)11-5-4-10(16)8-12(11)14(9)6-7-15/h4-5,8-9,15-16H,6-7H2,1-3H3/t9-/m0/s1. The Bertz CT molecular complexity index is 401. The first-order valence-corrected chi connectivity index (χ1v) is 5.69. The molecule has 1 heterocycles. The number of aromatic hydroxyl groups is 1. The second-order valence-electron chi connectivity index (χ2n) is 5.02. The number of hydrogen-bond acceptors (Lipinski definition) is 3. The lowest BCUT2D eigenvalue weighted by Gasteiger charge is -2.31. The first kappa shape index (κ1) is 11.3. The lowest BCUT2D eigenvalue weighted by molar-refractivity contribution is 0.293. The summed E-state index contributed by atoms with van der Waals surface area (Å²) in [4.78, 5) is 2.16. The summed E-state index contributed by atoms with van der Waals surface area (Å²) < 4.78 is 0. The molecular formula is C13H19NO2. The fourth-order valence-corrected chi connectivity index (χ4v) is 2.55. The van der Waals surface area contributed by atoms with Gasteiger partial charge in [-0.1, -0.05) is 19.9 Å². The van der Waals surface area contributed by atoms with E-state index in [1.807, 2.05) is 6.07 Å². The zero-order valence-electron chi connectivity index (χ0n) is 10.1. The van der Waals surface area contributed by atoms with E-state index in [9.17, 15) is 5.11 Å². The number of benzene rings is 1. The third-order valence-electron chi connectivity index (χ3n) is 3.84. The SMILES string of the molecule is C[C@@H]1N(CCO)c2cc(O)ccc2C1(C)C. The summed E-state index contributed by atoms with van der Waals surface area (Å²) in [6.45, 7) is 7.30. The summed E-state index contributed by atoms with van der Waals surface area (Å²) in [5, 5.41) is 18.7. The van der Waals surface area contributed by atoms with E-state index in [2.05, 4.69) is 25.7 Å². The van der Waals surface area contributed by atoms with Crippen molar-refractivity contribution in [3.63, 3.8) is 0 Å². The molecule has 1 aromatic carbocycles. The minimum atomic E-state index is 0.0538. The normalized spacial score (nSPS) is 22.2. The van der Waals surface area contributed by atoms with Gasteiger partial charge in [0.15, 0.2) is 0 Å². The number of rotatable bonds is 2. The Balaban J connectivity index is 2.51. The number of β-amino-alcohol motifs (C(OH)–C–C–N with tert-alkyl or cyclic N) is 1. The average molecular weight is 221 g/mol. The smallest absolute Gasteiger partial charge is 0.117 e. The number of phenols is 1. The van der Waals surface area contributed by atoms with E-state index in [1.54, 1.807) is 12.1 Å². The topological polar surface area (TPSA) is 43.7 Å². The lowest BCUT2D eigenvalue weighted by atomic mass is 9.81. The van der Waals surface area contributed by atoms with Crippen molar-refractivity contribution in [2.24, 2.45) is 0 Å². The Hall–Kier alpha value is -1.22. The Labute approximate surface area is 96.3 Å². The Morgan fingerprint density at radius 1 is 1.38 bits per heavy atom. The summed E-state index contributed by atoms with van der Waals surface area (Å²) in [7, 11) is 0. The number of hydrogen-bond donors (Lipinski definition) is 2. The number of aliphatic hydroxyl groups excluding tert-OH is 1. The summed E-state index contributed by atoms with van der Waals surface area (Å²) in [6, 6.07) is 5.83. The van der Waals surface area contributed by atoms with Crippen LogP contribution in [0.25, 0.3) is 0 Å². The van der Waals surface area contributed by atoms with E-state index in [1.165, 1.54) is 5.56 Å². The third kappa shape index (κ3) is 1.47. The molecule has 3 nitrogen and oxygen atoms in total. The summed E-state index contributed by atoms with van der Waals surface area (Å²) in [5.41, 5.74) is 2.34. The Morgan fingerprint density at radius 2 is 2.06 bits per heavy atom. The molecule has 0 saturated heterocycles. The highest BCUT2D eigenvalue weighted by atomic mass is 16.3. The molecule has 16 heavy (non-hydrogen) atoms. The molecule has 1 aliphatic rings. The second kappa shape index (κ2) is 3.67. The van der Waals surface area contributed by atoms with Crippen LogP contribution < -0.4 is 4.90 Å². The molecule has 0 unspecified atom stereocenters. The molecule has 1 aliphatic heterocycles. The van der Waals surface area contributed by atoms with Gasteiger partial charge in [0, 0.05) is 29.8 Å². The van der Waals surface area contributed by atoms with Gasteiger partial charge in [0.05, 0.1) is 6.61 Å². The number of aliphatic hydroxyl groups is 1. The molecule has 0 bridgehead atoms. The molecule has 0 saturated carbocycles. The lowest BCUT2D eigenvalue weighted by Crippen LogP contribution is -2.40. The molecule has 2 rings (SSSR count). The van der Waals surface area contributed by atoms with Gasteiger partial charge in [-0.3, -0.25) is 0 Å². The van der Waals surface area contributed by atoms with Gasteiger partial charge in [0.2, 0.25) is 0 Å². The number of phenolic OH excluding ortho intramolecular Hbond substituents is 1. The maximum absolute atomic E-state index is 9.55. The van der Waals surface area contributed by atoms with Crippen molar-refractivity contribution in [1.29, 1.82) is 0 Å². The van der Waals surface area contributed by atoms with Crippen LogP contribution in [0.4, 0.5) is 5.69 Å². The van der Waals surface area contributed by atoms with Gasteiger partial charge >= 0.3 is 0 Å². The van der Waals surface area contributed by atoms with Crippen molar-refractivity contribution in [3.05, 3.63) is 23.8 Å². The summed E-state index contributed by atoms with van der Waals surface area (Å²) in [6.07, 6.45) is 0. The van der Waals surface area contributed by atoms with Crippen molar-refractivity contribution in [3.8, 4) is 5.75 Å². The van der Waals surface area contributed by atoms with Crippen molar-refractivity contribution in [2.45, 2.75) is 32.2 Å². The molecule has 88 valence electrons. The molecule has 0 amide bonds. The minimum absolute atomic E-state index is 0.0538. The largest absolute Gasteiger partial charge is 0.508 e. The molecule has 0 spiro atoms. The van der Waals surface area contributed by atoms with Gasteiger partial charge in [0.1, 0.15) is 5.75 Å². The molecule has 1 atom stereocenters. The van der Waals surface area contributed by atoms with Crippen LogP contribution in [0.1, 0.15) is 26.3 Å². The fraction of sp³-hybridized carbons (Fsp3) is 0.538. The molecule has 3 heteroatoms. The zero-order valence-corrected chi connectivity index (χ0v) is 10.1. The van der Waals surface area contributed by atoms with Crippen molar-refractivity contribution in [2.75, 3.05) is 18.1 Å². The minimum Gasteiger partial charge on any atom is -0.508 e. The monoisotopic (exact) mass is 221 g/mol. The van der Waals surface area contributed by atoms with Crippen LogP contribution in [0, 0.1) is 0 Å². The van der Waals surface area contributed by atoms with Crippen LogP contribution in [-0.4, -0.2) is 29.4 Å². The van der Waals surface area contributed by atoms with Crippen LogP contribution in [0.5, 0.6) is 5.75 Å². The third-order valence-corrected chi connectivity index (χ3v) is 3.84. The van der Waals surface area contributed by atoms with Crippen LogP contribution >= 0.6 is 0 Å². The highest BCUT2D eigenvalue weighted by molar-refractivity contribution is 5.65. The number of fused-ring (bicyclic) bond motifs is 1. The van der Waals surface area contributed by atoms with Crippen molar-refractivity contribution >= 4 is 5.69 Å². The van der Waals surface area contributed by atoms with Gasteiger partial charge in [-0.25, -0.2) is 0 Å². The molecule has 0 fully saturated rings. The van der Waals surface area contributed by atoms with Gasteiger partial charge < -0.3 is 15.1 Å².